The minimum atomic E-state index is -1.35. The first-order valence-corrected chi connectivity index (χ1v) is 5.24. The van der Waals surface area contributed by atoms with Gasteiger partial charge in [0.05, 0.1) is 5.56 Å². The molecule has 0 aromatic carbocycles. The number of rotatable bonds is 5. The van der Waals surface area contributed by atoms with Gasteiger partial charge in [0.25, 0.3) is 5.91 Å². The van der Waals surface area contributed by atoms with E-state index < -0.39 is 35.2 Å². The number of amides is 1. The predicted molar refractivity (Wildman–Crippen MR) is 58.0 cm³/mol. The number of halogens is 2. The second-order valence-corrected chi connectivity index (χ2v) is 3.77. The molecule has 1 aromatic heterocycles. The van der Waals surface area contributed by atoms with Crippen LogP contribution in [-0.2, 0) is 4.79 Å². The van der Waals surface area contributed by atoms with Crippen LogP contribution in [0, 0.1) is 11.8 Å². The van der Waals surface area contributed by atoms with E-state index in [9.17, 15) is 18.4 Å². The molecule has 1 heterocycles. The summed E-state index contributed by atoms with van der Waals surface area (Å²) in [6.07, 6.45) is 1.07. The highest BCUT2D eigenvalue weighted by Crippen LogP contribution is 2.09. The molecule has 1 atom stereocenters. The number of nitrogens with one attached hydrogen (secondary N) is 1. The predicted octanol–water partition coefficient (Wildman–Crippen LogP) is 1.34. The molecule has 1 aromatic rings. The molecule has 0 spiro atoms. The Morgan fingerprint density at radius 1 is 1.50 bits per heavy atom. The number of hydrogen-bond donors (Lipinski definition) is 2. The van der Waals surface area contributed by atoms with Crippen molar-refractivity contribution >= 4 is 11.9 Å². The van der Waals surface area contributed by atoms with Crippen molar-refractivity contribution in [2.75, 3.05) is 0 Å². The van der Waals surface area contributed by atoms with Gasteiger partial charge in [-0.2, -0.15) is 4.39 Å². The largest absolute Gasteiger partial charge is 0.481 e. The second kappa shape index (κ2) is 6.04. The van der Waals surface area contributed by atoms with Crippen LogP contribution in [0.15, 0.2) is 12.3 Å². The molecule has 1 rings (SSSR count). The van der Waals surface area contributed by atoms with Crippen LogP contribution >= 0.6 is 0 Å². The quantitative estimate of drug-likeness (QED) is 0.781. The average Bonchev–Trinajstić information content (AvgIpc) is 2.30. The van der Waals surface area contributed by atoms with Crippen molar-refractivity contribution in [2.24, 2.45) is 0 Å². The number of carbonyl (C=O) groups excluding carboxylic acids is 1. The highest BCUT2D eigenvalue weighted by molar-refractivity contribution is 5.94. The van der Waals surface area contributed by atoms with E-state index in [1.54, 1.807) is 6.92 Å². The van der Waals surface area contributed by atoms with E-state index in [0.29, 0.717) is 0 Å². The third-order valence-corrected chi connectivity index (χ3v) is 2.26. The maximum absolute atomic E-state index is 13.2. The second-order valence-electron chi connectivity index (χ2n) is 3.77. The Hall–Kier alpha value is -2.05. The zero-order valence-electron chi connectivity index (χ0n) is 9.61. The molecule has 1 amide bonds. The number of carboxylic acid groups (broad SMARTS) is 1. The molecule has 0 saturated carbocycles. The van der Waals surface area contributed by atoms with E-state index in [1.165, 1.54) is 0 Å². The van der Waals surface area contributed by atoms with Crippen LogP contribution in [0.1, 0.15) is 30.1 Å². The lowest BCUT2D eigenvalue weighted by atomic mass is 10.1. The molecule has 0 aliphatic heterocycles. The van der Waals surface area contributed by atoms with Crippen LogP contribution < -0.4 is 5.32 Å². The molecule has 0 fully saturated rings. The molecule has 7 heteroatoms. The lowest BCUT2D eigenvalue weighted by Gasteiger charge is -2.12. The summed E-state index contributed by atoms with van der Waals surface area (Å²) in [6.45, 7) is 1.58. The first-order valence-electron chi connectivity index (χ1n) is 5.24. The van der Waals surface area contributed by atoms with Crippen molar-refractivity contribution in [1.82, 2.24) is 10.3 Å². The summed E-state index contributed by atoms with van der Waals surface area (Å²) in [5.41, 5.74) is -0.454. The molecule has 0 saturated heterocycles. The van der Waals surface area contributed by atoms with E-state index in [1.807, 2.05) is 0 Å². The Kier molecular flexibility index (Phi) is 4.70. The summed E-state index contributed by atoms with van der Waals surface area (Å²) >= 11 is 0. The first kappa shape index (κ1) is 14.0. The average molecular weight is 258 g/mol. The van der Waals surface area contributed by atoms with Gasteiger partial charge in [-0.05, 0) is 19.4 Å². The fourth-order valence-corrected chi connectivity index (χ4v) is 1.31. The standard InChI is InChI=1S/C11H12F2N2O3/c1-6(2-3-8(16)17)15-11(18)7-4-5-14-10(13)9(7)12/h4-6H,2-3H2,1H3,(H,15,18)(H,16,17). The van der Waals surface area contributed by atoms with Gasteiger partial charge in [-0.1, -0.05) is 0 Å². The summed E-state index contributed by atoms with van der Waals surface area (Å²) in [7, 11) is 0. The monoisotopic (exact) mass is 258 g/mol. The molecular weight excluding hydrogens is 246 g/mol. The van der Waals surface area contributed by atoms with E-state index in [4.69, 9.17) is 5.11 Å². The molecule has 0 aliphatic rings. The number of aromatic nitrogens is 1. The topological polar surface area (TPSA) is 79.3 Å². The summed E-state index contributed by atoms with van der Waals surface area (Å²) < 4.78 is 26.0. The molecular formula is C11H12F2N2O3. The molecule has 0 radical (unpaired) electrons. The van der Waals surface area contributed by atoms with E-state index in [2.05, 4.69) is 10.3 Å². The zero-order valence-corrected chi connectivity index (χ0v) is 9.61. The van der Waals surface area contributed by atoms with Crippen molar-refractivity contribution < 1.29 is 23.5 Å². The third-order valence-electron chi connectivity index (χ3n) is 2.26. The van der Waals surface area contributed by atoms with Crippen molar-refractivity contribution in [3.63, 3.8) is 0 Å². The first-order chi connectivity index (χ1) is 8.41. The van der Waals surface area contributed by atoms with Gasteiger partial charge in [0.1, 0.15) is 0 Å². The molecule has 18 heavy (non-hydrogen) atoms. The molecule has 0 aliphatic carbocycles. The van der Waals surface area contributed by atoms with Crippen molar-refractivity contribution in [3.8, 4) is 0 Å². The zero-order chi connectivity index (χ0) is 13.7. The highest BCUT2D eigenvalue weighted by atomic mass is 19.2. The Balaban J connectivity index is 2.65. The Morgan fingerprint density at radius 2 is 2.17 bits per heavy atom. The smallest absolute Gasteiger partial charge is 0.303 e. The lowest BCUT2D eigenvalue weighted by molar-refractivity contribution is -0.137. The van der Waals surface area contributed by atoms with Crippen LogP contribution in [0.3, 0.4) is 0 Å². The fourth-order valence-electron chi connectivity index (χ4n) is 1.31. The van der Waals surface area contributed by atoms with Gasteiger partial charge in [0.15, 0.2) is 5.82 Å². The SMILES string of the molecule is CC(CCC(=O)O)NC(=O)c1ccnc(F)c1F. The maximum atomic E-state index is 13.2. The summed E-state index contributed by atoms with van der Waals surface area (Å²) in [5.74, 6) is -4.45. The van der Waals surface area contributed by atoms with Gasteiger partial charge in [0, 0.05) is 18.7 Å². The number of carbonyl (C=O) groups is 2. The maximum Gasteiger partial charge on any atom is 0.303 e. The Morgan fingerprint density at radius 3 is 2.78 bits per heavy atom. The van der Waals surface area contributed by atoms with Gasteiger partial charge < -0.3 is 10.4 Å². The number of nitrogens with zero attached hydrogens (tertiary/aromatic N) is 1. The fraction of sp³-hybridized carbons (Fsp3) is 0.364. The van der Waals surface area contributed by atoms with Crippen LogP contribution in [0.4, 0.5) is 8.78 Å². The Labute approximate surface area is 102 Å². The van der Waals surface area contributed by atoms with Gasteiger partial charge in [-0.25, -0.2) is 9.37 Å². The summed E-state index contributed by atoms with van der Waals surface area (Å²) in [5, 5.41) is 10.8. The molecule has 0 bridgehead atoms. The normalized spacial score (nSPS) is 11.9. The van der Waals surface area contributed by atoms with Crippen LogP contribution in [0.2, 0.25) is 0 Å². The molecule has 98 valence electrons. The number of hydrogen-bond acceptors (Lipinski definition) is 3. The third kappa shape index (κ3) is 3.76. The minimum absolute atomic E-state index is 0.116. The molecule has 5 nitrogen and oxygen atoms in total. The van der Waals surface area contributed by atoms with Crippen molar-refractivity contribution in [1.29, 1.82) is 0 Å². The van der Waals surface area contributed by atoms with Crippen molar-refractivity contribution in [2.45, 2.75) is 25.8 Å². The van der Waals surface area contributed by atoms with Gasteiger partial charge in [0.2, 0.25) is 5.95 Å². The van der Waals surface area contributed by atoms with Crippen LogP contribution in [0.25, 0.3) is 0 Å². The molecule has 1 unspecified atom stereocenters. The van der Waals surface area contributed by atoms with Gasteiger partial charge in [-0.15, -0.1) is 0 Å². The molecule has 2 N–H and O–H groups in total. The van der Waals surface area contributed by atoms with Crippen molar-refractivity contribution in [3.05, 3.63) is 29.6 Å². The van der Waals surface area contributed by atoms with Crippen LogP contribution in [-0.4, -0.2) is 28.0 Å². The summed E-state index contributed by atoms with van der Waals surface area (Å²) in [6, 6.07) is 0.599. The summed E-state index contributed by atoms with van der Waals surface area (Å²) in [4.78, 5) is 25.0. The van der Waals surface area contributed by atoms with Gasteiger partial charge in [-0.3, -0.25) is 9.59 Å². The van der Waals surface area contributed by atoms with Gasteiger partial charge >= 0.3 is 5.97 Å². The number of aliphatic carboxylic acids is 1. The lowest BCUT2D eigenvalue weighted by Crippen LogP contribution is -2.33. The highest BCUT2D eigenvalue weighted by Gasteiger charge is 2.17. The van der Waals surface area contributed by atoms with E-state index in [-0.39, 0.29) is 12.8 Å². The Bertz CT molecular complexity index is 466. The van der Waals surface area contributed by atoms with E-state index in [0.717, 1.165) is 12.3 Å². The minimum Gasteiger partial charge on any atom is -0.481 e. The van der Waals surface area contributed by atoms with Crippen LogP contribution in [0.5, 0.6) is 0 Å². The number of carboxylic acids is 1. The van der Waals surface area contributed by atoms with E-state index >= 15 is 0 Å². The number of pyridine rings is 1.